The molecule has 0 unspecified atom stereocenters. The van der Waals surface area contributed by atoms with Crippen molar-refractivity contribution in [1.82, 2.24) is 9.97 Å². The van der Waals surface area contributed by atoms with Gasteiger partial charge in [0.05, 0.1) is 16.8 Å². The highest BCUT2D eigenvalue weighted by atomic mass is 79.9. The zero-order valence-electron chi connectivity index (χ0n) is 9.12. The van der Waals surface area contributed by atoms with E-state index in [0.29, 0.717) is 25.1 Å². The van der Waals surface area contributed by atoms with Gasteiger partial charge < -0.3 is 5.32 Å². The number of aromatic nitrogens is 2. The molecule has 0 bridgehead atoms. The van der Waals surface area contributed by atoms with Gasteiger partial charge >= 0.3 is 0 Å². The Morgan fingerprint density at radius 2 is 2.00 bits per heavy atom. The highest BCUT2D eigenvalue weighted by Crippen LogP contribution is 2.24. The third kappa shape index (κ3) is 3.66. The Labute approximate surface area is 135 Å². The second-order valence-electron chi connectivity index (χ2n) is 3.41. The van der Waals surface area contributed by atoms with E-state index in [1.54, 1.807) is 12.1 Å². The van der Waals surface area contributed by atoms with E-state index in [1.807, 2.05) is 0 Å². The van der Waals surface area contributed by atoms with Crippen LogP contribution in [0.2, 0.25) is 10.0 Å². The van der Waals surface area contributed by atoms with E-state index < -0.39 is 5.91 Å². The van der Waals surface area contributed by atoms with Gasteiger partial charge in [0.1, 0.15) is 9.21 Å². The normalized spacial score (nSPS) is 10.3. The van der Waals surface area contributed by atoms with Crippen molar-refractivity contribution in [2.75, 3.05) is 5.32 Å². The van der Waals surface area contributed by atoms with Gasteiger partial charge in [0.25, 0.3) is 5.91 Å². The SMILES string of the molecule is O=C(Nc1ncc(Br)nc1Br)c1cc(Cl)ccc1Cl. The number of benzene rings is 1. The summed E-state index contributed by atoms with van der Waals surface area (Å²) in [6.07, 6.45) is 1.47. The molecule has 0 aliphatic rings. The number of carbonyl (C=O) groups is 1. The van der Waals surface area contributed by atoms with Gasteiger partial charge in [-0.15, -0.1) is 0 Å². The number of nitrogens with one attached hydrogen (secondary N) is 1. The Morgan fingerprint density at radius 3 is 2.68 bits per heavy atom. The summed E-state index contributed by atoms with van der Waals surface area (Å²) >= 11 is 18.2. The predicted molar refractivity (Wildman–Crippen MR) is 81.8 cm³/mol. The summed E-state index contributed by atoms with van der Waals surface area (Å²) in [5, 5.41) is 3.33. The van der Waals surface area contributed by atoms with Crippen LogP contribution in [0.15, 0.2) is 33.6 Å². The van der Waals surface area contributed by atoms with Crippen LogP contribution in [0.25, 0.3) is 0 Å². The molecule has 19 heavy (non-hydrogen) atoms. The summed E-state index contributed by atoms with van der Waals surface area (Å²) in [5.74, 6) is -0.117. The number of amides is 1. The van der Waals surface area contributed by atoms with E-state index in [4.69, 9.17) is 23.2 Å². The summed E-state index contributed by atoms with van der Waals surface area (Å²) in [6.45, 7) is 0. The topological polar surface area (TPSA) is 54.9 Å². The molecule has 0 saturated carbocycles. The van der Waals surface area contributed by atoms with Crippen molar-refractivity contribution in [2.24, 2.45) is 0 Å². The lowest BCUT2D eigenvalue weighted by molar-refractivity contribution is 0.102. The molecule has 0 saturated heterocycles. The standard InChI is InChI=1S/C11H5Br2Cl2N3O/c12-8-4-16-10(9(13)17-8)18-11(19)6-3-5(14)1-2-7(6)15/h1-4H,(H,16,18,19). The first-order valence-electron chi connectivity index (χ1n) is 4.92. The van der Waals surface area contributed by atoms with E-state index in [1.165, 1.54) is 12.3 Å². The third-order valence-electron chi connectivity index (χ3n) is 2.11. The molecular weight excluding hydrogens is 421 g/mol. The van der Waals surface area contributed by atoms with Crippen molar-refractivity contribution >= 4 is 66.8 Å². The number of anilines is 1. The van der Waals surface area contributed by atoms with Crippen molar-refractivity contribution < 1.29 is 4.79 Å². The first kappa shape index (κ1) is 14.7. The van der Waals surface area contributed by atoms with Gasteiger partial charge in [0.2, 0.25) is 0 Å². The molecule has 98 valence electrons. The number of hydrogen-bond donors (Lipinski definition) is 1. The third-order valence-corrected chi connectivity index (χ3v) is 3.61. The second-order valence-corrected chi connectivity index (χ2v) is 5.82. The first-order valence-corrected chi connectivity index (χ1v) is 7.26. The Morgan fingerprint density at radius 1 is 1.26 bits per heavy atom. The maximum atomic E-state index is 12.1. The lowest BCUT2D eigenvalue weighted by Crippen LogP contribution is -2.14. The summed E-state index contributed by atoms with van der Waals surface area (Å²) < 4.78 is 0.964. The van der Waals surface area contributed by atoms with E-state index in [-0.39, 0.29) is 5.56 Å². The Kier molecular flexibility index (Phi) is 4.78. The average Bonchev–Trinajstić information content (AvgIpc) is 2.35. The maximum Gasteiger partial charge on any atom is 0.258 e. The maximum absolute atomic E-state index is 12.1. The zero-order valence-corrected chi connectivity index (χ0v) is 13.8. The van der Waals surface area contributed by atoms with Gasteiger partial charge in [-0.3, -0.25) is 4.79 Å². The van der Waals surface area contributed by atoms with Crippen LogP contribution in [0.3, 0.4) is 0 Å². The van der Waals surface area contributed by atoms with Crippen molar-refractivity contribution in [2.45, 2.75) is 0 Å². The molecule has 0 aliphatic carbocycles. The van der Waals surface area contributed by atoms with Gasteiger partial charge in [0.15, 0.2) is 5.82 Å². The number of halogens is 4. The fraction of sp³-hybridized carbons (Fsp3) is 0. The van der Waals surface area contributed by atoms with E-state index in [2.05, 4.69) is 47.1 Å². The second kappa shape index (κ2) is 6.17. The van der Waals surface area contributed by atoms with Crippen molar-refractivity contribution in [3.05, 3.63) is 49.2 Å². The van der Waals surface area contributed by atoms with E-state index >= 15 is 0 Å². The zero-order chi connectivity index (χ0) is 14.0. The van der Waals surface area contributed by atoms with Crippen LogP contribution in [0, 0.1) is 0 Å². The van der Waals surface area contributed by atoms with Crippen LogP contribution >= 0.6 is 55.1 Å². The molecule has 1 N–H and O–H groups in total. The molecule has 2 aromatic rings. The molecular formula is C11H5Br2Cl2N3O. The summed E-state index contributed by atoms with van der Waals surface area (Å²) in [6, 6.07) is 4.65. The molecule has 0 radical (unpaired) electrons. The van der Waals surface area contributed by atoms with Crippen LogP contribution in [-0.2, 0) is 0 Å². The van der Waals surface area contributed by atoms with Crippen LogP contribution in [0.1, 0.15) is 10.4 Å². The largest absolute Gasteiger partial charge is 0.304 e. The number of carbonyl (C=O) groups excluding carboxylic acids is 1. The van der Waals surface area contributed by atoms with Crippen LogP contribution < -0.4 is 5.32 Å². The highest BCUT2D eigenvalue weighted by Gasteiger charge is 2.14. The minimum absolute atomic E-state index is 0.269. The molecule has 4 nitrogen and oxygen atoms in total. The fourth-order valence-corrected chi connectivity index (χ4v) is 2.56. The van der Waals surface area contributed by atoms with E-state index in [9.17, 15) is 4.79 Å². The van der Waals surface area contributed by atoms with Crippen molar-refractivity contribution in [3.63, 3.8) is 0 Å². The lowest BCUT2D eigenvalue weighted by Gasteiger charge is -2.07. The van der Waals surface area contributed by atoms with Crippen molar-refractivity contribution in [3.8, 4) is 0 Å². The van der Waals surface area contributed by atoms with Gasteiger partial charge in [-0.25, -0.2) is 9.97 Å². The lowest BCUT2D eigenvalue weighted by atomic mass is 10.2. The first-order chi connectivity index (χ1) is 8.97. The van der Waals surface area contributed by atoms with Crippen LogP contribution in [0.4, 0.5) is 5.82 Å². The van der Waals surface area contributed by atoms with Crippen LogP contribution in [-0.4, -0.2) is 15.9 Å². The smallest absolute Gasteiger partial charge is 0.258 e. The van der Waals surface area contributed by atoms with Gasteiger partial charge in [-0.2, -0.15) is 0 Å². The molecule has 0 fully saturated rings. The highest BCUT2D eigenvalue weighted by molar-refractivity contribution is 9.11. The van der Waals surface area contributed by atoms with Crippen LogP contribution in [0.5, 0.6) is 0 Å². The monoisotopic (exact) mass is 423 g/mol. The molecule has 1 aromatic carbocycles. The number of hydrogen-bond acceptors (Lipinski definition) is 3. The molecule has 1 aromatic heterocycles. The molecule has 0 spiro atoms. The fourth-order valence-electron chi connectivity index (χ4n) is 1.28. The summed E-state index contributed by atoms with van der Waals surface area (Å²) in [7, 11) is 0. The average molecular weight is 426 g/mol. The molecule has 1 heterocycles. The molecule has 0 atom stereocenters. The quantitative estimate of drug-likeness (QED) is 0.767. The Bertz CT molecular complexity index is 652. The molecule has 2 rings (SSSR count). The van der Waals surface area contributed by atoms with Gasteiger partial charge in [-0.1, -0.05) is 23.2 Å². The Balaban J connectivity index is 2.28. The molecule has 1 amide bonds. The van der Waals surface area contributed by atoms with E-state index in [0.717, 1.165) is 0 Å². The summed E-state index contributed by atoms with van der Waals surface area (Å²) in [5.41, 5.74) is 0.269. The number of rotatable bonds is 2. The minimum atomic E-state index is -0.412. The van der Waals surface area contributed by atoms with Gasteiger partial charge in [-0.05, 0) is 50.1 Å². The van der Waals surface area contributed by atoms with Crippen molar-refractivity contribution in [1.29, 1.82) is 0 Å². The van der Waals surface area contributed by atoms with Gasteiger partial charge in [0, 0.05) is 5.02 Å². The molecule has 0 aliphatic heterocycles. The summed E-state index contributed by atoms with van der Waals surface area (Å²) in [4.78, 5) is 20.2. The molecule has 8 heteroatoms. The Hall–Kier alpha value is -0.690. The minimum Gasteiger partial charge on any atom is -0.304 e. The predicted octanol–water partition coefficient (Wildman–Crippen LogP) is 4.56. The number of nitrogens with zero attached hydrogens (tertiary/aromatic N) is 2.